The van der Waals surface area contributed by atoms with E-state index in [-0.39, 0.29) is 12.8 Å². The maximum Gasteiger partial charge on any atom is 0.231 e. The smallest absolute Gasteiger partial charge is 0.231 e. The van der Waals surface area contributed by atoms with E-state index in [1.54, 1.807) is 7.11 Å². The Bertz CT molecular complexity index is 646. The number of aromatic nitrogens is 1. The van der Waals surface area contributed by atoms with Crippen LogP contribution in [0.3, 0.4) is 0 Å². The second kappa shape index (κ2) is 6.23. The van der Waals surface area contributed by atoms with Crippen molar-refractivity contribution in [1.29, 1.82) is 0 Å². The van der Waals surface area contributed by atoms with Gasteiger partial charge in [0, 0.05) is 18.8 Å². The molecular formula is C17H20N2O3. The van der Waals surface area contributed by atoms with Gasteiger partial charge in [0.05, 0.1) is 12.8 Å². The number of hydrogen-bond acceptors (Lipinski definition) is 5. The monoisotopic (exact) mass is 300 g/mol. The first-order valence-corrected chi connectivity index (χ1v) is 7.26. The lowest BCUT2D eigenvalue weighted by Gasteiger charge is -2.24. The topological polar surface area (TPSA) is 43.8 Å². The zero-order valence-electron chi connectivity index (χ0n) is 13.1. The van der Waals surface area contributed by atoms with Gasteiger partial charge in [0.25, 0.3) is 0 Å². The lowest BCUT2D eigenvalue weighted by Crippen LogP contribution is -2.22. The summed E-state index contributed by atoms with van der Waals surface area (Å²) in [6, 6.07) is 10.2. The molecule has 0 saturated heterocycles. The van der Waals surface area contributed by atoms with Crippen LogP contribution < -0.4 is 14.2 Å². The standard InChI is InChI=1S/C17H20N2O3/c1-12(14-6-4-5-7-18-14)19(2)10-13-8-15(20-3)17-16(9-13)21-11-22-17/h4-9,12H,10-11H2,1-3H3/t12-/m0/s1. The van der Waals surface area contributed by atoms with E-state index in [1.165, 1.54) is 0 Å². The first-order chi connectivity index (χ1) is 10.7. The third-order valence-electron chi connectivity index (χ3n) is 3.93. The summed E-state index contributed by atoms with van der Waals surface area (Å²) < 4.78 is 16.3. The predicted molar refractivity (Wildman–Crippen MR) is 83.2 cm³/mol. The first kappa shape index (κ1) is 14.7. The fraction of sp³-hybridized carbons (Fsp3) is 0.353. The normalized spacial score (nSPS) is 14.2. The third-order valence-corrected chi connectivity index (χ3v) is 3.93. The Kier molecular flexibility index (Phi) is 4.15. The maximum absolute atomic E-state index is 5.48. The Hall–Kier alpha value is -2.27. The predicted octanol–water partition coefficient (Wildman–Crippen LogP) is 3.01. The summed E-state index contributed by atoms with van der Waals surface area (Å²) in [5.74, 6) is 2.14. The van der Waals surface area contributed by atoms with Crippen molar-refractivity contribution >= 4 is 0 Å². The Balaban J connectivity index is 1.78. The largest absolute Gasteiger partial charge is 0.493 e. The molecule has 1 aliphatic heterocycles. The fourth-order valence-corrected chi connectivity index (χ4v) is 2.55. The van der Waals surface area contributed by atoms with Gasteiger partial charge in [-0.15, -0.1) is 0 Å². The van der Waals surface area contributed by atoms with Gasteiger partial charge in [0.15, 0.2) is 11.5 Å². The average molecular weight is 300 g/mol. The van der Waals surface area contributed by atoms with E-state index >= 15 is 0 Å². The summed E-state index contributed by atoms with van der Waals surface area (Å²) in [4.78, 5) is 6.66. The van der Waals surface area contributed by atoms with Gasteiger partial charge >= 0.3 is 0 Å². The van der Waals surface area contributed by atoms with Gasteiger partial charge < -0.3 is 14.2 Å². The molecular weight excluding hydrogens is 280 g/mol. The van der Waals surface area contributed by atoms with Gasteiger partial charge in [-0.05, 0) is 43.8 Å². The number of hydrogen-bond donors (Lipinski definition) is 0. The van der Waals surface area contributed by atoms with Crippen LogP contribution in [0.25, 0.3) is 0 Å². The molecule has 1 aromatic carbocycles. The Morgan fingerprint density at radius 2 is 2.18 bits per heavy atom. The van der Waals surface area contributed by atoms with Crippen molar-refractivity contribution in [2.24, 2.45) is 0 Å². The second-order valence-electron chi connectivity index (χ2n) is 5.38. The third kappa shape index (κ3) is 2.85. The molecule has 0 amide bonds. The lowest BCUT2D eigenvalue weighted by molar-refractivity contribution is 0.171. The molecule has 0 unspecified atom stereocenters. The van der Waals surface area contributed by atoms with Gasteiger partial charge in [-0.2, -0.15) is 0 Å². The maximum atomic E-state index is 5.48. The van der Waals surface area contributed by atoms with E-state index in [2.05, 4.69) is 23.9 Å². The Morgan fingerprint density at radius 1 is 1.32 bits per heavy atom. The molecule has 1 atom stereocenters. The highest BCUT2D eigenvalue weighted by atomic mass is 16.7. The fourth-order valence-electron chi connectivity index (χ4n) is 2.55. The summed E-state index contributed by atoms with van der Waals surface area (Å²) in [7, 11) is 3.72. The molecule has 1 aliphatic rings. The number of benzene rings is 1. The molecule has 2 aromatic rings. The molecule has 0 bridgehead atoms. The van der Waals surface area contributed by atoms with Crippen molar-refractivity contribution in [2.75, 3.05) is 21.0 Å². The van der Waals surface area contributed by atoms with Crippen LogP contribution in [-0.2, 0) is 6.54 Å². The lowest BCUT2D eigenvalue weighted by atomic mass is 10.1. The summed E-state index contributed by atoms with van der Waals surface area (Å²) in [6.07, 6.45) is 1.82. The molecule has 0 saturated carbocycles. The molecule has 0 spiro atoms. The van der Waals surface area contributed by atoms with Crippen LogP contribution in [0.5, 0.6) is 17.2 Å². The molecule has 3 rings (SSSR count). The van der Waals surface area contributed by atoms with Crippen LogP contribution in [0.15, 0.2) is 36.5 Å². The van der Waals surface area contributed by atoms with Crippen LogP contribution in [0.2, 0.25) is 0 Å². The summed E-state index contributed by atoms with van der Waals surface area (Å²) in [5, 5.41) is 0. The second-order valence-corrected chi connectivity index (χ2v) is 5.38. The van der Waals surface area contributed by atoms with Crippen LogP contribution in [0.1, 0.15) is 24.2 Å². The van der Waals surface area contributed by atoms with Gasteiger partial charge in [-0.3, -0.25) is 9.88 Å². The van der Waals surface area contributed by atoms with Crippen molar-refractivity contribution in [1.82, 2.24) is 9.88 Å². The van der Waals surface area contributed by atoms with Crippen LogP contribution >= 0.6 is 0 Å². The minimum Gasteiger partial charge on any atom is -0.493 e. The highest BCUT2D eigenvalue weighted by Crippen LogP contribution is 2.42. The zero-order valence-corrected chi connectivity index (χ0v) is 13.1. The van der Waals surface area contributed by atoms with Crippen molar-refractivity contribution in [2.45, 2.75) is 19.5 Å². The van der Waals surface area contributed by atoms with E-state index in [0.29, 0.717) is 11.5 Å². The number of fused-ring (bicyclic) bond motifs is 1. The van der Waals surface area contributed by atoms with Crippen LogP contribution in [-0.4, -0.2) is 30.8 Å². The highest BCUT2D eigenvalue weighted by Gasteiger charge is 2.21. The summed E-state index contributed by atoms with van der Waals surface area (Å²) in [6.45, 7) is 3.16. The van der Waals surface area contributed by atoms with E-state index in [1.807, 2.05) is 36.5 Å². The van der Waals surface area contributed by atoms with E-state index in [9.17, 15) is 0 Å². The average Bonchev–Trinajstić information content (AvgIpc) is 3.02. The summed E-state index contributed by atoms with van der Waals surface area (Å²) in [5.41, 5.74) is 2.17. The van der Waals surface area contributed by atoms with Crippen molar-refractivity contribution in [3.8, 4) is 17.2 Å². The number of ether oxygens (including phenoxy) is 3. The Morgan fingerprint density at radius 3 is 2.91 bits per heavy atom. The number of methoxy groups -OCH3 is 1. The molecule has 0 fully saturated rings. The van der Waals surface area contributed by atoms with Crippen molar-refractivity contribution in [3.05, 3.63) is 47.8 Å². The molecule has 2 heterocycles. The molecule has 0 radical (unpaired) electrons. The molecule has 116 valence electrons. The number of pyridine rings is 1. The molecule has 5 nitrogen and oxygen atoms in total. The molecule has 1 aromatic heterocycles. The van der Waals surface area contributed by atoms with E-state index in [4.69, 9.17) is 14.2 Å². The SMILES string of the molecule is COc1cc(CN(C)[C@@H](C)c2ccccn2)cc2c1OCO2. The molecule has 22 heavy (non-hydrogen) atoms. The Labute approximate surface area is 130 Å². The molecule has 0 aliphatic carbocycles. The minimum absolute atomic E-state index is 0.220. The van der Waals surface area contributed by atoms with Crippen molar-refractivity contribution in [3.63, 3.8) is 0 Å². The van der Waals surface area contributed by atoms with E-state index < -0.39 is 0 Å². The first-order valence-electron chi connectivity index (χ1n) is 7.26. The van der Waals surface area contributed by atoms with Gasteiger partial charge in [-0.25, -0.2) is 0 Å². The van der Waals surface area contributed by atoms with Crippen molar-refractivity contribution < 1.29 is 14.2 Å². The number of nitrogens with zero attached hydrogens (tertiary/aromatic N) is 2. The molecule has 5 heteroatoms. The van der Waals surface area contributed by atoms with Gasteiger partial charge in [-0.1, -0.05) is 6.07 Å². The van der Waals surface area contributed by atoms with E-state index in [0.717, 1.165) is 23.6 Å². The minimum atomic E-state index is 0.220. The quantitative estimate of drug-likeness (QED) is 0.849. The number of rotatable bonds is 5. The molecule has 0 N–H and O–H groups in total. The van der Waals surface area contributed by atoms with Crippen LogP contribution in [0.4, 0.5) is 0 Å². The van der Waals surface area contributed by atoms with Gasteiger partial charge in [0.1, 0.15) is 0 Å². The zero-order chi connectivity index (χ0) is 15.5. The van der Waals surface area contributed by atoms with Gasteiger partial charge in [0.2, 0.25) is 12.5 Å². The highest BCUT2D eigenvalue weighted by molar-refractivity contribution is 5.55. The summed E-state index contributed by atoms with van der Waals surface area (Å²) >= 11 is 0. The van der Waals surface area contributed by atoms with Crippen LogP contribution in [0, 0.1) is 0 Å².